The largest absolute Gasteiger partial charge is 0.475 e. The molecule has 0 aliphatic heterocycles. The number of ether oxygens (including phenoxy) is 1. The summed E-state index contributed by atoms with van der Waals surface area (Å²) in [6.07, 6.45) is -22.2. The smallest absolute Gasteiger partial charge is 0.460 e. The van der Waals surface area contributed by atoms with Crippen molar-refractivity contribution in [2.75, 3.05) is 0 Å². The van der Waals surface area contributed by atoms with E-state index < -0.39 is 71.6 Å². The van der Waals surface area contributed by atoms with Crippen LogP contribution in [-0.2, 0) is 9.53 Å². The maximum Gasteiger partial charge on any atom is 0.460 e. The molecule has 0 amide bonds. The number of hydrogen-bond acceptors (Lipinski definition) is 2. The molecule has 0 fully saturated rings. The van der Waals surface area contributed by atoms with Crippen molar-refractivity contribution in [1.29, 1.82) is 0 Å². The fourth-order valence-electron chi connectivity index (χ4n) is 1.58. The lowest BCUT2D eigenvalue weighted by molar-refractivity contribution is -0.481. The zero-order chi connectivity index (χ0) is 29.9. The number of carboxylic acid groups (broad SMARTS) is 1. The monoisotopic (exact) mass is 592 g/mol. The van der Waals surface area contributed by atoms with Crippen molar-refractivity contribution in [1.82, 2.24) is 0 Å². The van der Waals surface area contributed by atoms with Crippen LogP contribution in [0.2, 0.25) is 0 Å². The lowest BCUT2D eigenvalue weighted by Crippen LogP contribution is -2.71. The number of alkyl halides is 19. The highest BCUT2D eigenvalue weighted by molar-refractivity contribution is 5.73. The Balaban J connectivity index is 6.95. The molecule has 0 aliphatic carbocycles. The molecule has 24 heteroatoms. The van der Waals surface area contributed by atoms with E-state index in [1.165, 1.54) is 4.74 Å². The number of allylic oxidation sites excluding steroid dienone is 2. The second kappa shape index (κ2) is 8.63. The summed E-state index contributed by atoms with van der Waals surface area (Å²) in [5, 5.41) is 7.67. The standard InChI is InChI=1S/C12HF21O3/c13-1(2(14)5(17,18)11(29,30)31)4(15,16)7(21,22)8(23,24)9(25,26)10(27,28)12(32,33)36-6(19,20)3(34)35/h(H,34,35)/b2-1+. The van der Waals surface area contributed by atoms with Gasteiger partial charge in [0.1, 0.15) is 0 Å². The van der Waals surface area contributed by atoms with Crippen LogP contribution in [0.4, 0.5) is 92.2 Å². The minimum absolute atomic E-state index is 1.37. The fourth-order valence-corrected chi connectivity index (χ4v) is 1.58. The van der Waals surface area contributed by atoms with Gasteiger partial charge in [0, 0.05) is 0 Å². The normalized spacial score (nSPS) is 16.7. The molecule has 3 nitrogen and oxygen atoms in total. The molecular formula is C12HF21O3. The van der Waals surface area contributed by atoms with Crippen molar-refractivity contribution in [2.45, 2.75) is 53.9 Å². The van der Waals surface area contributed by atoms with Gasteiger partial charge in [0.05, 0.1) is 0 Å². The third kappa shape index (κ3) is 4.70. The first-order chi connectivity index (χ1) is 15.2. The molecule has 0 bridgehead atoms. The summed E-state index contributed by atoms with van der Waals surface area (Å²) >= 11 is 0. The van der Waals surface area contributed by atoms with Crippen LogP contribution in [0, 0.1) is 0 Å². The van der Waals surface area contributed by atoms with Crippen LogP contribution in [0.25, 0.3) is 0 Å². The van der Waals surface area contributed by atoms with E-state index in [-0.39, 0.29) is 0 Å². The van der Waals surface area contributed by atoms with Gasteiger partial charge in [-0.1, -0.05) is 0 Å². The third-order valence-corrected chi connectivity index (χ3v) is 3.55. The molecule has 0 aromatic heterocycles. The van der Waals surface area contributed by atoms with Crippen LogP contribution in [0.1, 0.15) is 0 Å². The molecule has 0 unspecified atom stereocenters. The highest BCUT2D eigenvalue weighted by Gasteiger charge is 2.92. The fraction of sp³-hybridized carbons (Fsp3) is 0.750. The van der Waals surface area contributed by atoms with E-state index in [1.54, 1.807) is 0 Å². The van der Waals surface area contributed by atoms with Gasteiger partial charge < -0.3 is 5.11 Å². The van der Waals surface area contributed by atoms with Gasteiger partial charge >= 0.3 is 59.9 Å². The Bertz CT molecular complexity index is 881. The van der Waals surface area contributed by atoms with Crippen molar-refractivity contribution in [3.05, 3.63) is 11.7 Å². The average Bonchev–Trinajstić information content (AvgIpc) is 2.63. The lowest BCUT2D eigenvalue weighted by atomic mass is 9.92. The summed E-state index contributed by atoms with van der Waals surface area (Å²) in [5.41, 5.74) is 0. The van der Waals surface area contributed by atoms with Gasteiger partial charge in [-0.3, -0.25) is 0 Å². The highest BCUT2D eigenvalue weighted by atomic mass is 19.4. The van der Waals surface area contributed by atoms with Crippen LogP contribution in [0.3, 0.4) is 0 Å². The zero-order valence-corrected chi connectivity index (χ0v) is 15.2. The van der Waals surface area contributed by atoms with Crippen molar-refractivity contribution < 1.29 is 107 Å². The van der Waals surface area contributed by atoms with Gasteiger partial charge in [-0.05, 0) is 0 Å². The Morgan fingerprint density at radius 2 is 0.806 bits per heavy atom. The molecule has 0 saturated heterocycles. The average molecular weight is 592 g/mol. The third-order valence-electron chi connectivity index (χ3n) is 3.55. The predicted molar refractivity (Wildman–Crippen MR) is 63.6 cm³/mol. The molecule has 1 N–H and O–H groups in total. The number of carbonyl (C=O) groups is 1. The van der Waals surface area contributed by atoms with Crippen LogP contribution in [-0.4, -0.2) is 65.0 Å². The van der Waals surface area contributed by atoms with Gasteiger partial charge in [-0.25, -0.2) is 18.3 Å². The maximum atomic E-state index is 13.4. The van der Waals surface area contributed by atoms with E-state index in [1.807, 2.05) is 0 Å². The summed E-state index contributed by atoms with van der Waals surface area (Å²) in [5.74, 6) is -66.4. The van der Waals surface area contributed by atoms with Gasteiger partial charge in [0.2, 0.25) is 11.7 Å². The van der Waals surface area contributed by atoms with E-state index >= 15 is 0 Å². The van der Waals surface area contributed by atoms with Crippen LogP contribution < -0.4 is 0 Å². The minimum Gasteiger partial charge on any atom is -0.475 e. The van der Waals surface area contributed by atoms with E-state index in [4.69, 9.17) is 5.11 Å². The summed E-state index contributed by atoms with van der Waals surface area (Å²) in [6.45, 7) is 0. The summed E-state index contributed by atoms with van der Waals surface area (Å²) in [6, 6.07) is 0. The van der Waals surface area contributed by atoms with Gasteiger partial charge in [-0.2, -0.15) is 83.4 Å². The summed E-state index contributed by atoms with van der Waals surface area (Å²) < 4.78 is 272. The van der Waals surface area contributed by atoms with Crippen LogP contribution >= 0.6 is 0 Å². The molecule has 0 atom stereocenters. The quantitative estimate of drug-likeness (QED) is 0.284. The number of aliphatic carboxylic acids is 1. The van der Waals surface area contributed by atoms with E-state index in [2.05, 4.69) is 0 Å². The maximum absolute atomic E-state index is 13.4. The molecule has 214 valence electrons. The minimum atomic E-state index is -8.98. The van der Waals surface area contributed by atoms with Crippen LogP contribution in [0.15, 0.2) is 11.7 Å². The number of rotatable bonds is 10. The topological polar surface area (TPSA) is 46.5 Å². The van der Waals surface area contributed by atoms with Crippen molar-refractivity contribution >= 4 is 5.97 Å². The van der Waals surface area contributed by atoms with Gasteiger partial charge in [0.15, 0.2) is 0 Å². The molecule has 0 aromatic rings. The van der Waals surface area contributed by atoms with Crippen molar-refractivity contribution in [2.24, 2.45) is 0 Å². The number of hydrogen-bond donors (Lipinski definition) is 1. The van der Waals surface area contributed by atoms with Crippen molar-refractivity contribution in [3.8, 4) is 0 Å². The Morgan fingerprint density at radius 3 is 1.11 bits per heavy atom. The molecule has 0 saturated carbocycles. The molecule has 0 spiro atoms. The lowest BCUT2D eigenvalue weighted by Gasteiger charge is -2.40. The van der Waals surface area contributed by atoms with Gasteiger partial charge in [-0.15, -0.1) is 0 Å². The molecule has 0 aliphatic rings. The number of carboxylic acids is 1. The van der Waals surface area contributed by atoms with E-state index in [0.717, 1.165) is 0 Å². The van der Waals surface area contributed by atoms with E-state index in [0.29, 0.717) is 0 Å². The Labute approximate surface area is 180 Å². The SMILES string of the molecule is O=C(O)C(F)(F)OC(F)(F)C(F)(F)C(F)(F)C(F)(F)C(F)(F)C(F)(F)/C(F)=C(\F)C(F)(F)C(F)(F)F. The van der Waals surface area contributed by atoms with Crippen LogP contribution in [0.5, 0.6) is 0 Å². The van der Waals surface area contributed by atoms with E-state index in [9.17, 15) is 97.0 Å². The molecule has 0 heterocycles. The first kappa shape index (κ1) is 33.7. The predicted octanol–water partition coefficient (Wildman–Crippen LogP) is 6.80. The zero-order valence-electron chi connectivity index (χ0n) is 15.2. The second-order valence-electron chi connectivity index (χ2n) is 6.01. The molecule has 0 aromatic carbocycles. The first-order valence-electron chi connectivity index (χ1n) is 7.30. The second-order valence-corrected chi connectivity index (χ2v) is 6.01. The highest BCUT2D eigenvalue weighted by Crippen LogP contribution is 2.62. The number of halogens is 21. The molecular weight excluding hydrogens is 591 g/mol. The Morgan fingerprint density at radius 1 is 0.500 bits per heavy atom. The first-order valence-corrected chi connectivity index (χ1v) is 7.30. The molecule has 0 radical (unpaired) electrons. The molecule has 0 rings (SSSR count). The van der Waals surface area contributed by atoms with Gasteiger partial charge in [0.25, 0.3) is 0 Å². The van der Waals surface area contributed by atoms with Crippen molar-refractivity contribution in [3.63, 3.8) is 0 Å². The summed E-state index contributed by atoms with van der Waals surface area (Å²) in [7, 11) is 0. The summed E-state index contributed by atoms with van der Waals surface area (Å²) in [4.78, 5) is 9.82. The molecule has 36 heavy (non-hydrogen) atoms. The Hall–Kier alpha value is -2.30. The Kier molecular flexibility index (Phi) is 8.08.